The third-order valence-corrected chi connectivity index (χ3v) is 4.44. The van der Waals surface area contributed by atoms with Crippen molar-refractivity contribution >= 4 is 22.4 Å². The van der Waals surface area contributed by atoms with Crippen LogP contribution < -0.4 is 4.90 Å². The molecular formula is C10H13N3O2S. The third kappa shape index (κ3) is 1.32. The predicted molar refractivity (Wildman–Crippen MR) is 59.7 cm³/mol. The van der Waals surface area contributed by atoms with Crippen LogP contribution in [0.15, 0.2) is 0 Å². The number of rotatable bonds is 2. The third-order valence-electron chi connectivity index (χ3n) is 3.59. The normalized spacial score (nSPS) is 32.3. The van der Waals surface area contributed by atoms with E-state index in [1.54, 1.807) is 11.3 Å². The van der Waals surface area contributed by atoms with Gasteiger partial charge in [-0.2, -0.15) is 0 Å². The van der Waals surface area contributed by atoms with Gasteiger partial charge in [-0.1, -0.05) is 11.3 Å². The Morgan fingerprint density at radius 1 is 1.50 bits per heavy atom. The van der Waals surface area contributed by atoms with E-state index in [0.29, 0.717) is 6.04 Å². The van der Waals surface area contributed by atoms with E-state index in [4.69, 9.17) is 5.11 Å². The van der Waals surface area contributed by atoms with Gasteiger partial charge in [-0.15, -0.1) is 10.2 Å². The molecule has 2 saturated heterocycles. The van der Waals surface area contributed by atoms with E-state index in [2.05, 4.69) is 15.1 Å². The summed E-state index contributed by atoms with van der Waals surface area (Å²) in [6, 6.07) is 0.494. The highest BCUT2D eigenvalue weighted by atomic mass is 32.1. The fourth-order valence-electron chi connectivity index (χ4n) is 2.94. The zero-order valence-electron chi connectivity index (χ0n) is 8.96. The standard InChI is InChI=1S/C10H13N3O2S/c1-5-11-12-10(16-5)13-6-2-3-8(13)7(4-6)9(14)15/h6-8H,2-4H2,1H3,(H,14,15). The van der Waals surface area contributed by atoms with Crippen LogP contribution in [0.5, 0.6) is 0 Å². The summed E-state index contributed by atoms with van der Waals surface area (Å²) < 4.78 is 0. The van der Waals surface area contributed by atoms with Gasteiger partial charge in [0, 0.05) is 12.1 Å². The highest BCUT2D eigenvalue weighted by Crippen LogP contribution is 2.45. The lowest BCUT2D eigenvalue weighted by Gasteiger charge is -2.21. The fraction of sp³-hybridized carbons (Fsp3) is 0.700. The van der Waals surface area contributed by atoms with E-state index in [9.17, 15) is 4.79 Å². The van der Waals surface area contributed by atoms with Crippen LogP contribution >= 0.6 is 11.3 Å². The number of aliphatic carboxylic acids is 1. The fourth-order valence-corrected chi connectivity index (χ4v) is 3.76. The molecule has 0 radical (unpaired) electrons. The van der Waals surface area contributed by atoms with E-state index < -0.39 is 5.97 Å². The second-order valence-corrected chi connectivity index (χ2v) is 5.65. The Balaban J connectivity index is 1.90. The van der Waals surface area contributed by atoms with Gasteiger partial charge in [0.1, 0.15) is 5.01 Å². The minimum Gasteiger partial charge on any atom is -0.481 e. The average Bonchev–Trinajstić information content (AvgIpc) is 2.89. The number of aryl methyl sites for hydroxylation is 1. The molecule has 3 heterocycles. The largest absolute Gasteiger partial charge is 0.481 e. The Bertz CT molecular complexity index is 433. The van der Waals surface area contributed by atoms with E-state index >= 15 is 0 Å². The molecule has 1 aromatic rings. The zero-order chi connectivity index (χ0) is 11.3. The van der Waals surface area contributed by atoms with Gasteiger partial charge >= 0.3 is 5.97 Å². The van der Waals surface area contributed by atoms with Crippen LogP contribution in [-0.4, -0.2) is 33.4 Å². The molecule has 5 nitrogen and oxygen atoms in total. The molecule has 0 aromatic carbocycles. The number of anilines is 1. The molecule has 3 atom stereocenters. The molecule has 2 bridgehead atoms. The van der Waals surface area contributed by atoms with Crippen molar-refractivity contribution in [3.8, 4) is 0 Å². The lowest BCUT2D eigenvalue weighted by Crippen LogP contribution is -2.32. The van der Waals surface area contributed by atoms with Crippen LogP contribution in [-0.2, 0) is 4.79 Å². The first-order valence-electron chi connectivity index (χ1n) is 5.48. The summed E-state index contributed by atoms with van der Waals surface area (Å²) in [5.74, 6) is -0.888. The molecule has 86 valence electrons. The van der Waals surface area contributed by atoms with Gasteiger partial charge in [-0.05, 0) is 26.2 Å². The highest BCUT2D eigenvalue weighted by molar-refractivity contribution is 7.15. The molecule has 16 heavy (non-hydrogen) atoms. The monoisotopic (exact) mass is 239 g/mol. The summed E-state index contributed by atoms with van der Waals surface area (Å²) in [6.07, 6.45) is 2.83. The van der Waals surface area contributed by atoms with Gasteiger partial charge in [0.05, 0.1) is 5.92 Å². The molecule has 1 aromatic heterocycles. The molecule has 2 aliphatic rings. The Morgan fingerprint density at radius 2 is 2.31 bits per heavy atom. The SMILES string of the molecule is Cc1nnc(N2C3CCC2C(C(=O)O)C3)s1. The van der Waals surface area contributed by atoms with Crippen LogP contribution in [0.1, 0.15) is 24.3 Å². The van der Waals surface area contributed by atoms with Gasteiger partial charge < -0.3 is 10.0 Å². The minimum atomic E-state index is -0.668. The quantitative estimate of drug-likeness (QED) is 0.842. The summed E-state index contributed by atoms with van der Waals surface area (Å²) in [4.78, 5) is 13.3. The molecule has 0 amide bonds. The number of hydrogen-bond donors (Lipinski definition) is 1. The summed E-state index contributed by atoms with van der Waals surface area (Å²) in [5.41, 5.74) is 0. The van der Waals surface area contributed by atoms with Gasteiger partial charge in [-0.25, -0.2) is 0 Å². The average molecular weight is 239 g/mol. The van der Waals surface area contributed by atoms with Crippen LogP contribution in [0.25, 0.3) is 0 Å². The van der Waals surface area contributed by atoms with Crippen molar-refractivity contribution in [3.63, 3.8) is 0 Å². The van der Waals surface area contributed by atoms with Gasteiger partial charge in [0.2, 0.25) is 5.13 Å². The van der Waals surface area contributed by atoms with Gasteiger partial charge in [0.25, 0.3) is 0 Å². The molecule has 3 unspecified atom stereocenters. The summed E-state index contributed by atoms with van der Waals surface area (Å²) >= 11 is 1.56. The van der Waals surface area contributed by atoms with Crippen molar-refractivity contribution in [2.75, 3.05) is 4.90 Å². The molecule has 6 heteroatoms. The smallest absolute Gasteiger partial charge is 0.308 e. The van der Waals surface area contributed by atoms with Crippen LogP contribution in [0.3, 0.4) is 0 Å². The Morgan fingerprint density at radius 3 is 2.88 bits per heavy atom. The first-order chi connectivity index (χ1) is 7.66. The number of carboxylic acid groups (broad SMARTS) is 1. The van der Waals surface area contributed by atoms with E-state index in [1.807, 2.05) is 6.92 Å². The maximum absolute atomic E-state index is 11.1. The number of carbonyl (C=O) groups is 1. The van der Waals surface area contributed by atoms with Crippen molar-refractivity contribution in [2.24, 2.45) is 5.92 Å². The summed E-state index contributed by atoms with van der Waals surface area (Å²) in [7, 11) is 0. The second-order valence-electron chi connectivity index (χ2n) is 4.49. The summed E-state index contributed by atoms with van der Waals surface area (Å²) in [5, 5.41) is 19.1. The number of carboxylic acids is 1. The number of nitrogens with zero attached hydrogens (tertiary/aromatic N) is 3. The lowest BCUT2D eigenvalue weighted by molar-refractivity contribution is -0.142. The van der Waals surface area contributed by atoms with Gasteiger partial charge in [0.15, 0.2) is 0 Å². The molecule has 0 spiro atoms. The first-order valence-corrected chi connectivity index (χ1v) is 6.29. The Kier molecular flexibility index (Phi) is 2.14. The van der Waals surface area contributed by atoms with E-state index in [0.717, 1.165) is 29.4 Å². The molecule has 3 rings (SSSR count). The zero-order valence-corrected chi connectivity index (χ0v) is 9.78. The molecule has 2 aliphatic heterocycles. The molecule has 2 fully saturated rings. The second kappa shape index (κ2) is 3.41. The van der Waals surface area contributed by atoms with Crippen LogP contribution in [0.4, 0.5) is 5.13 Å². The van der Waals surface area contributed by atoms with E-state index in [-0.39, 0.29) is 12.0 Å². The molecule has 0 saturated carbocycles. The summed E-state index contributed by atoms with van der Waals surface area (Å²) in [6.45, 7) is 1.92. The lowest BCUT2D eigenvalue weighted by atomic mass is 9.89. The Labute approximate surface area is 97.1 Å². The van der Waals surface area contributed by atoms with Crippen molar-refractivity contribution in [1.29, 1.82) is 0 Å². The van der Waals surface area contributed by atoms with Crippen LogP contribution in [0, 0.1) is 12.8 Å². The number of hydrogen-bond acceptors (Lipinski definition) is 5. The van der Waals surface area contributed by atoms with Crippen molar-refractivity contribution in [3.05, 3.63) is 5.01 Å². The topological polar surface area (TPSA) is 66.3 Å². The minimum absolute atomic E-state index is 0.134. The van der Waals surface area contributed by atoms with Gasteiger partial charge in [-0.3, -0.25) is 4.79 Å². The number of aromatic nitrogens is 2. The van der Waals surface area contributed by atoms with E-state index in [1.165, 1.54) is 0 Å². The molecule has 1 N–H and O–H groups in total. The van der Waals surface area contributed by atoms with Crippen molar-refractivity contribution < 1.29 is 9.90 Å². The maximum atomic E-state index is 11.1. The molecule has 0 aliphatic carbocycles. The Hall–Kier alpha value is -1.17. The van der Waals surface area contributed by atoms with Crippen molar-refractivity contribution in [1.82, 2.24) is 10.2 Å². The first kappa shape index (κ1) is 10.0. The molecular weight excluding hydrogens is 226 g/mol. The van der Waals surface area contributed by atoms with Crippen molar-refractivity contribution in [2.45, 2.75) is 38.3 Å². The number of fused-ring (bicyclic) bond motifs is 2. The van der Waals surface area contributed by atoms with Crippen LogP contribution in [0.2, 0.25) is 0 Å². The highest BCUT2D eigenvalue weighted by Gasteiger charge is 2.50. The maximum Gasteiger partial charge on any atom is 0.308 e. The predicted octanol–water partition coefficient (Wildman–Crippen LogP) is 1.29.